The third kappa shape index (κ3) is 5.03. The first-order chi connectivity index (χ1) is 9.81. The third-order valence-electron chi connectivity index (χ3n) is 3.00. The largest absolute Gasteiger partial charge is 0.383 e. The van der Waals surface area contributed by atoms with Gasteiger partial charge in [0, 0.05) is 25.3 Å². The molecule has 0 radical (unpaired) electrons. The van der Waals surface area contributed by atoms with Gasteiger partial charge in [-0.25, -0.2) is 17.5 Å². The first-order valence-electron chi connectivity index (χ1n) is 6.82. The summed E-state index contributed by atoms with van der Waals surface area (Å²) in [5, 5.41) is 3.05. The fraction of sp³-hybridized carbons (Fsp3) is 0.571. The van der Waals surface area contributed by atoms with Crippen LogP contribution in [0, 0.1) is 12.7 Å². The number of benzene rings is 1. The lowest BCUT2D eigenvalue weighted by atomic mass is 10.1. The monoisotopic (exact) mass is 318 g/mol. The fourth-order valence-corrected chi connectivity index (χ4v) is 3.50. The SMILES string of the molecule is CCNCc1cc(F)c(C)c(S(=O)(=O)NC(C)COC)c1. The van der Waals surface area contributed by atoms with Crippen molar-refractivity contribution in [1.82, 2.24) is 10.0 Å². The number of hydrogen-bond acceptors (Lipinski definition) is 4. The predicted molar refractivity (Wildman–Crippen MR) is 80.2 cm³/mol. The molecule has 0 heterocycles. The van der Waals surface area contributed by atoms with Gasteiger partial charge in [0.05, 0.1) is 11.5 Å². The number of sulfonamides is 1. The van der Waals surface area contributed by atoms with Crippen molar-refractivity contribution in [2.24, 2.45) is 0 Å². The minimum atomic E-state index is -3.78. The van der Waals surface area contributed by atoms with Crippen LogP contribution in [0.4, 0.5) is 4.39 Å². The summed E-state index contributed by atoms with van der Waals surface area (Å²) in [6, 6.07) is 2.47. The summed E-state index contributed by atoms with van der Waals surface area (Å²) in [6.07, 6.45) is 0. The second-order valence-corrected chi connectivity index (χ2v) is 6.64. The minimum absolute atomic E-state index is 0.0293. The number of nitrogens with one attached hydrogen (secondary N) is 2. The summed E-state index contributed by atoms with van der Waals surface area (Å²) in [7, 11) is -2.29. The third-order valence-corrected chi connectivity index (χ3v) is 4.71. The molecule has 0 saturated carbocycles. The zero-order valence-corrected chi connectivity index (χ0v) is 13.7. The fourth-order valence-electron chi connectivity index (χ4n) is 1.97. The Kier molecular flexibility index (Phi) is 6.73. The molecular weight excluding hydrogens is 295 g/mol. The average molecular weight is 318 g/mol. The van der Waals surface area contributed by atoms with E-state index >= 15 is 0 Å². The minimum Gasteiger partial charge on any atom is -0.383 e. The maximum absolute atomic E-state index is 13.9. The summed E-state index contributed by atoms with van der Waals surface area (Å²) >= 11 is 0. The summed E-state index contributed by atoms with van der Waals surface area (Å²) in [6.45, 7) is 6.47. The topological polar surface area (TPSA) is 67.4 Å². The number of rotatable bonds is 8. The van der Waals surface area contributed by atoms with E-state index in [1.807, 2.05) is 6.92 Å². The molecule has 21 heavy (non-hydrogen) atoms. The molecule has 0 amide bonds. The molecule has 0 spiro atoms. The van der Waals surface area contributed by atoms with E-state index in [4.69, 9.17) is 4.74 Å². The van der Waals surface area contributed by atoms with Gasteiger partial charge in [-0.15, -0.1) is 0 Å². The Hall–Kier alpha value is -1.02. The van der Waals surface area contributed by atoms with Gasteiger partial charge in [0.25, 0.3) is 0 Å². The maximum Gasteiger partial charge on any atom is 0.241 e. The van der Waals surface area contributed by atoms with E-state index in [9.17, 15) is 12.8 Å². The van der Waals surface area contributed by atoms with E-state index in [1.54, 1.807) is 6.92 Å². The molecule has 0 aliphatic carbocycles. The van der Waals surface area contributed by atoms with Crippen LogP contribution in [-0.2, 0) is 21.3 Å². The Labute approximate surface area is 125 Å². The van der Waals surface area contributed by atoms with Crippen molar-refractivity contribution in [1.29, 1.82) is 0 Å². The van der Waals surface area contributed by atoms with Crippen LogP contribution in [0.15, 0.2) is 17.0 Å². The highest BCUT2D eigenvalue weighted by Crippen LogP contribution is 2.21. The molecule has 1 rings (SSSR count). The van der Waals surface area contributed by atoms with E-state index in [1.165, 1.54) is 26.2 Å². The van der Waals surface area contributed by atoms with Crippen LogP contribution >= 0.6 is 0 Å². The van der Waals surface area contributed by atoms with Crippen molar-refractivity contribution < 1.29 is 17.5 Å². The standard InChI is InChI=1S/C14H23FN2O3S/c1-5-16-8-12-6-13(15)11(3)14(7-12)21(18,19)17-10(2)9-20-4/h6-7,10,16-17H,5,8-9H2,1-4H3. The zero-order valence-electron chi connectivity index (χ0n) is 12.9. The molecule has 5 nitrogen and oxygen atoms in total. The average Bonchev–Trinajstić information content (AvgIpc) is 2.39. The number of halogens is 1. The zero-order chi connectivity index (χ0) is 16.0. The van der Waals surface area contributed by atoms with Gasteiger partial charge >= 0.3 is 0 Å². The van der Waals surface area contributed by atoms with E-state index in [0.29, 0.717) is 12.1 Å². The summed E-state index contributed by atoms with van der Waals surface area (Å²) in [5.41, 5.74) is 0.715. The molecule has 2 N–H and O–H groups in total. The number of hydrogen-bond donors (Lipinski definition) is 2. The van der Waals surface area contributed by atoms with Crippen molar-refractivity contribution >= 4 is 10.0 Å². The lowest BCUT2D eigenvalue weighted by molar-refractivity contribution is 0.180. The molecule has 1 unspecified atom stereocenters. The first kappa shape index (κ1) is 18.0. The molecule has 7 heteroatoms. The summed E-state index contributed by atoms with van der Waals surface area (Å²) < 4.78 is 46.1. The van der Waals surface area contributed by atoms with Crippen molar-refractivity contribution in [3.8, 4) is 0 Å². The highest BCUT2D eigenvalue weighted by atomic mass is 32.2. The smallest absolute Gasteiger partial charge is 0.241 e. The molecule has 0 aliphatic rings. The van der Waals surface area contributed by atoms with Gasteiger partial charge in [-0.2, -0.15) is 0 Å². The van der Waals surface area contributed by atoms with Gasteiger partial charge in [0.15, 0.2) is 0 Å². The van der Waals surface area contributed by atoms with Gasteiger partial charge in [-0.1, -0.05) is 6.92 Å². The molecular formula is C14H23FN2O3S. The highest BCUT2D eigenvalue weighted by molar-refractivity contribution is 7.89. The van der Waals surface area contributed by atoms with Crippen molar-refractivity contribution in [2.45, 2.75) is 38.3 Å². The van der Waals surface area contributed by atoms with E-state index in [2.05, 4.69) is 10.0 Å². The van der Waals surface area contributed by atoms with Crippen LogP contribution in [0.2, 0.25) is 0 Å². The van der Waals surface area contributed by atoms with E-state index in [-0.39, 0.29) is 23.1 Å². The maximum atomic E-state index is 13.9. The molecule has 1 aromatic rings. The normalized spacial score (nSPS) is 13.4. The highest BCUT2D eigenvalue weighted by Gasteiger charge is 2.22. The van der Waals surface area contributed by atoms with Crippen LogP contribution < -0.4 is 10.0 Å². The second kappa shape index (κ2) is 7.84. The van der Waals surface area contributed by atoms with Crippen molar-refractivity contribution in [2.75, 3.05) is 20.3 Å². The molecule has 0 saturated heterocycles. The van der Waals surface area contributed by atoms with Crippen LogP contribution in [0.1, 0.15) is 25.0 Å². The Morgan fingerprint density at radius 3 is 2.62 bits per heavy atom. The van der Waals surface area contributed by atoms with Gasteiger partial charge in [-0.05, 0) is 38.1 Å². The van der Waals surface area contributed by atoms with Crippen molar-refractivity contribution in [3.63, 3.8) is 0 Å². The van der Waals surface area contributed by atoms with E-state index < -0.39 is 15.8 Å². The van der Waals surface area contributed by atoms with Crippen LogP contribution in [0.25, 0.3) is 0 Å². The Bertz CT molecular complexity index is 576. The Morgan fingerprint density at radius 1 is 1.38 bits per heavy atom. The van der Waals surface area contributed by atoms with Gasteiger partial charge in [0.2, 0.25) is 10.0 Å². The molecule has 1 atom stereocenters. The molecule has 0 bridgehead atoms. The quantitative estimate of drug-likeness (QED) is 0.763. The van der Waals surface area contributed by atoms with Gasteiger partial charge < -0.3 is 10.1 Å². The van der Waals surface area contributed by atoms with Crippen LogP contribution in [0.5, 0.6) is 0 Å². The lowest BCUT2D eigenvalue weighted by Gasteiger charge is -2.16. The number of methoxy groups -OCH3 is 1. The Morgan fingerprint density at radius 2 is 2.05 bits per heavy atom. The molecule has 0 fully saturated rings. The molecule has 1 aromatic carbocycles. The summed E-state index contributed by atoms with van der Waals surface area (Å²) in [5.74, 6) is -0.523. The lowest BCUT2D eigenvalue weighted by Crippen LogP contribution is -2.36. The predicted octanol–water partition coefficient (Wildman–Crippen LogP) is 1.56. The summed E-state index contributed by atoms with van der Waals surface area (Å²) in [4.78, 5) is -0.0293. The van der Waals surface area contributed by atoms with Crippen LogP contribution in [0.3, 0.4) is 0 Å². The second-order valence-electron chi connectivity index (χ2n) is 4.96. The van der Waals surface area contributed by atoms with Crippen molar-refractivity contribution in [3.05, 3.63) is 29.1 Å². The molecule has 0 aliphatic heterocycles. The van der Waals surface area contributed by atoms with Crippen LogP contribution in [-0.4, -0.2) is 34.7 Å². The number of ether oxygens (including phenoxy) is 1. The van der Waals surface area contributed by atoms with Gasteiger partial charge in [-0.3, -0.25) is 0 Å². The first-order valence-corrected chi connectivity index (χ1v) is 8.31. The molecule has 120 valence electrons. The van der Waals surface area contributed by atoms with Gasteiger partial charge in [0.1, 0.15) is 5.82 Å². The Balaban J connectivity index is 3.12. The van der Waals surface area contributed by atoms with E-state index in [0.717, 1.165) is 6.54 Å². The molecule has 0 aromatic heterocycles.